The van der Waals surface area contributed by atoms with E-state index < -0.39 is 0 Å². The summed E-state index contributed by atoms with van der Waals surface area (Å²) in [6.45, 7) is 13.2. The minimum Gasteiger partial charge on any atom is -0.335 e. The fourth-order valence-electron chi connectivity index (χ4n) is 1.84. The standard InChI is InChI=1S/C14H27N3/c1-6-8-17-9-7-15-13(17)10-12(2)11-16-14(3,4)5/h7,9,12,16H,6,8,10-11H2,1-5H3. The van der Waals surface area contributed by atoms with Crippen molar-refractivity contribution in [3.05, 3.63) is 18.2 Å². The van der Waals surface area contributed by atoms with Crippen LogP contribution in [0, 0.1) is 5.92 Å². The van der Waals surface area contributed by atoms with Gasteiger partial charge in [-0.1, -0.05) is 13.8 Å². The van der Waals surface area contributed by atoms with Crippen LogP contribution in [0.2, 0.25) is 0 Å². The minimum atomic E-state index is 0.201. The molecule has 1 unspecified atom stereocenters. The van der Waals surface area contributed by atoms with Gasteiger partial charge in [0.25, 0.3) is 0 Å². The van der Waals surface area contributed by atoms with E-state index >= 15 is 0 Å². The Bertz CT molecular complexity index is 322. The van der Waals surface area contributed by atoms with Crippen LogP contribution in [-0.2, 0) is 13.0 Å². The van der Waals surface area contributed by atoms with Crippen LogP contribution in [0.4, 0.5) is 0 Å². The molecule has 98 valence electrons. The van der Waals surface area contributed by atoms with E-state index in [2.05, 4.69) is 55.7 Å². The second-order valence-electron chi connectivity index (χ2n) is 5.98. The molecular formula is C14H27N3. The summed E-state index contributed by atoms with van der Waals surface area (Å²) in [4.78, 5) is 4.45. The molecule has 1 atom stereocenters. The van der Waals surface area contributed by atoms with Gasteiger partial charge in [-0.25, -0.2) is 4.98 Å². The molecule has 1 aromatic rings. The van der Waals surface area contributed by atoms with Crippen LogP contribution in [-0.4, -0.2) is 21.6 Å². The quantitative estimate of drug-likeness (QED) is 0.824. The van der Waals surface area contributed by atoms with Crippen molar-refractivity contribution in [1.29, 1.82) is 0 Å². The molecule has 0 spiro atoms. The topological polar surface area (TPSA) is 29.9 Å². The van der Waals surface area contributed by atoms with Crippen molar-refractivity contribution in [3.63, 3.8) is 0 Å². The van der Waals surface area contributed by atoms with Crippen molar-refractivity contribution in [3.8, 4) is 0 Å². The van der Waals surface area contributed by atoms with Gasteiger partial charge in [0.2, 0.25) is 0 Å². The molecular weight excluding hydrogens is 210 g/mol. The zero-order valence-electron chi connectivity index (χ0n) is 12.0. The Morgan fingerprint density at radius 1 is 1.41 bits per heavy atom. The Labute approximate surface area is 106 Å². The third kappa shape index (κ3) is 5.35. The van der Waals surface area contributed by atoms with Crippen LogP contribution in [0.5, 0.6) is 0 Å². The van der Waals surface area contributed by atoms with Crippen molar-refractivity contribution < 1.29 is 0 Å². The van der Waals surface area contributed by atoms with Gasteiger partial charge in [0, 0.05) is 30.9 Å². The molecule has 1 heterocycles. The Balaban J connectivity index is 2.44. The predicted molar refractivity (Wildman–Crippen MR) is 73.1 cm³/mol. The summed E-state index contributed by atoms with van der Waals surface area (Å²) in [6.07, 6.45) is 6.21. The number of hydrogen-bond donors (Lipinski definition) is 1. The molecule has 0 fully saturated rings. The van der Waals surface area contributed by atoms with Crippen molar-refractivity contribution in [2.45, 2.75) is 59.5 Å². The Kier molecular flexibility index (Phi) is 5.19. The third-order valence-electron chi connectivity index (χ3n) is 2.78. The molecule has 1 rings (SSSR count). The van der Waals surface area contributed by atoms with E-state index in [-0.39, 0.29) is 5.54 Å². The van der Waals surface area contributed by atoms with Gasteiger partial charge in [0.1, 0.15) is 5.82 Å². The molecule has 3 heteroatoms. The molecule has 3 nitrogen and oxygen atoms in total. The van der Waals surface area contributed by atoms with Gasteiger partial charge < -0.3 is 9.88 Å². The largest absolute Gasteiger partial charge is 0.335 e. The SMILES string of the molecule is CCCn1ccnc1CC(C)CNC(C)(C)C. The molecule has 0 aliphatic carbocycles. The third-order valence-corrected chi connectivity index (χ3v) is 2.78. The number of rotatable bonds is 6. The van der Waals surface area contributed by atoms with Crippen LogP contribution in [0.15, 0.2) is 12.4 Å². The molecule has 0 aliphatic heterocycles. The predicted octanol–water partition coefficient (Wildman–Crippen LogP) is 2.86. The molecule has 17 heavy (non-hydrogen) atoms. The van der Waals surface area contributed by atoms with Crippen LogP contribution in [0.1, 0.15) is 46.9 Å². The second kappa shape index (κ2) is 6.20. The summed E-state index contributed by atoms with van der Waals surface area (Å²) in [6, 6.07) is 0. The van der Waals surface area contributed by atoms with E-state index in [4.69, 9.17) is 0 Å². The van der Waals surface area contributed by atoms with Gasteiger partial charge >= 0.3 is 0 Å². The number of nitrogens with one attached hydrogen (secondary N) is 1. The van der Waals surface area contributed by atoms with Crippen molar-refractivity contribution in [2.75, 3.05) is 6.54 Å². The summed E-state index contributed by atoms with van der Waals surface area (Å²) in [7, 11) is 0. The summed E-state index contributed by atoms with van der Waals surface area (Å²) in [5.74, 6) is 1.84. The maximum Gasteiger partial charge on any atom is 0.108 e. The summed E-state index contributed by atoms with van der Waals surface area (Å²) in [5, 5.41) is 3.55. The van der Waals surface area contributed by atoms with Crippen molar-refractivity contribution >= 4 is 0 Å². The highest BCUT2D eigenvalue weighted by molar-refractivity contribution is 4.94. The molecule has 1 aromatic heterocycles. The number of aromatic nitrogens is 2. The van der Waals surface area contributed by atoms with Gasteiger partial charge in [0.15, 0.2) is 0 Å². The molecule has 0 saturated carbocycles. The van der Waals surface area contributed by atoms with E-state index in [1.165, 1.54) is 5.82 Å². The van der Waals surface area contributed by atoms with Crippen LogP contribution in [0.3, 0.4) is 0 Å². The summed E-state index contributed by atoms with van der Waals surface area (Å²) >= 11 is 0. The Morgan fingerprint density at radius 3 is 2.71 bits per heavy atom. The first-order chi connectivity index (χ1) is 7.92. The van der Waals surface area contributed by atoms with Gasteiger partial charge in [-0.15, -0.1) is 0 Å². The normalized spacial score (nSPS) is 13.9. The Morgan fingerprint density at radius 2 is 2.12 bits per heavy atom. The maximum absolute atomic E-state index is 4.45. The van der Waals surface area contributed by atoms with E-state index in [9.17, 15) is 0 Å². The fourth-order valence-corrected chi connectivity index (χ4v) is 1.84. The number of imidazole rings is 1. The number of hydrogen-bond acceptors (Lipinski definition) is 2. The van der Waals surface area contributed by atoms with E-state index in [1.54, 1.807) is 0 Å². The van der Waals surface area contributed by atoms with E-state index in [1.807, 2.05) is 6.20 Å². The molecule has 0 saturated heterocycles. The number of nitrogens with zero attached hydrogens (tertiary/aromatic N) is 2. The van der Waals surface area contributed by atoms with Gasteiger partial charge in [-0.2, -0.15) is 0 Å². The summed E-state index contributed by atoms with van der Waals surface area (Å²) < 4.78 is 2.27. The van der Waals surface area contributed by atoms with E-state index in [0.29, 0.717) is 5.92 Å². The highest BCUT2D eigenvalue weighted by atomic mass is 15.1. The first kappa shape index (κ1) is 14.2. The zero-order valence-corrected chi connectivity index (χ0v) is 12.0. The average molecular weight is 237 g/mol. The molecule has 0 amide bonds. The lowest BCUT2D eigenvalue weighted by Crippen LogP contribution is -2.39. The van der Waals surface area contributed by atoms with Gasteiger partial charge in [-0.05, 0) is 39.7 Å². The highest BCUT2D eigenvalue weighted by Crippen LogP contribution is 2.09. The van der Waals surface area contributed by atoms with Gasteiger partial charge in [0.05, 0.1) is 0 Å². The van der Waals surface area contributed by atoms with Gasteiger partial charge in [-0.3, -0.25) is 0 Å². The van der Waals surface area contributed by atoms with Crippen LogP contribution in [0.25, 0.3) is 0 Å². The fraction of sp³-hybridized carbons (Fsp3) is 0.786. The maximum atomic E-state index is 4.45. The molecule has 0 radical (unpaired) electrons. The lowest BCUT2D eigenvalue weighted by Gasteiger charge is -2.23. The second-order valence-corrected chi connectivity index (χ2v) is 5.98. The monoisotopic (exact) mass is 237 g/mol. The first-order valence-electron chi connectivity index (χ1n) is 6.67. The average Bonchev–Trinajstić information content (AvgIpc) is 2.63. The molecule has 0 aliphatic rings. The van der Waals surface area contributed by atoms with Crippen molar-refractivity contribution in [2.24, 2.45) is 5.92 Å². The smallest absolute Gasteiger partial charge is 0.108 e. The molecule has 0 aromatic carbocycles. The zero-order chi connectivity index (χ0) is 12.9. The van der Waals surface area contributed by atoms with Crippen LogP contribution < -0.4 is 5.32 Å². The molecule has 1 N–H and O–H groups in total. The number of aryl methyl sites for hydroxylation is 1. The first-order valence-corrected chi connectivity index (χ1v) is 6.67. The summed E-state index contributed by atoms with van der Waals surface area (Å²) in [5.41, 5.74) is 0.201. The van der Waals surface area contributed by atoms with E-state index in [0.717, 1.165) is 25.9 Å². The van der Waals surface area contributed by atoms with Crippen LogP contribution >= 0.6 is 0 Å². The lowest BCUT2D eigenvalue weighted by atomic mass is 10.0. The Hall–Kier alpha value is -0.830. The molecule has 0 bridgehead atoms. The lowest BCUT2D eigenvalue weighted by molar-refractivity contribution is 0.376. The van der Waals surface area contributed by atoms with Crippen molar-refractivity contribution in [1.82, 2.24) is 14.9 Å². The minimum absolute atomic E-state index is 0.201. The highest BCUT2D eigenvalue weighted by Gasteiger charge is 2.13.